The number of benzene rings is 1. The summed E-state index contributed by atoms with van der Waals surface area (Å²) in [6.07, 6.45) is 3.41. The topological polar surface area (TPSA) is 55.1 Å². The molecule has 4 heterocycles. The van der Waals surface area contributed by atoms with Crippen LogP contribution in [-0.2, 0) is 13.0 Å². The van der Waals surface area contributed by atoms with Gasteiger partial charge in [-0.1, -0.05) is 19.1 Å². The van der Waals surface area contributed by atoms with Crippen LogP contribution >= 0.6 is 22.7 Å². The molecule has 1 fully saturated rings. The third kappa shape index (κ3) is 3.86. The van der Waals surface area contributed by atoms with Crippen LogP contribution in [0.2, 0.25) is 0 Å². The standard InChI is InChI=1S/C22H24N4OS2/c1-3-17-14(2)11-19(28-17)21-25-24-20(27-21)13-26-10-6-7-15(12-26)22-23-16-8-4-5-9-18(16)29-22/h4-5,8-9,11,15H,3,6-7,10,12-13H2,1-2H3. The molecular formula is C22H24N4OS2. The van der Waals surface area contributed by atoms with Gasteiger partial charge in [-0.3, -0.25) is 4.90 Å². The highest BCUT2D eigenvalue weighted by atomic mass is 32.1. The minimum atomic E-state index is 0.482. The molecular weight excluding hydrogens is 400 g/mol. The van der Waals surface area contributed by atoms with E-state index in [1.54, 1.807) is 11.3 Å². The van der Waals surface area contributed by atoms with Crippen LogP contribution in [0.15, 0.2) is 34.7 Å². The molecule has 0 aliphatic carbocycles. The fourth-order valence-electron chi connectivity index (χ4n) is 4.05. The molecule has 7 heteroatoms. The SMILES string of the molecule is CCc1sc(-c2nnc(CN3CCCC(c4nc5ccccc5s4)C3)o2)cc1C. The molecule has 1 atom stereocenters. The first-order valence-electron chi connectivity index (χ1n) is 10.2. The molecule has 5 rings (SSSR count). The van der Waals surface area contributed by atoms with E-state index in [0.717, 1.165) is 29.9 Å². The molecule has 0 spiro atoms. The number of hydrogen-bond donors (Lipinski definition) is 0. The molecule has 1 aromatic carbocycles. The summed E-state index contributed by atoms with van der Waals surface area (Å²) < 4.78 is 7.28. The second-order valence-corrected chi connectivity index (χ2v) is 9.86. The van der Waals surface area contributed by atoms with Gasteiger partial charge >= 0.3 is 0 Å². The Morgan fingerprint density at radius 3 is 2.93 bits per heavy atom. The van der Waals surface area contributed by atoms with Gasteiger partial charge < -0.3 is 4.42 Å². The van der Waals surface area contributed by atoms with E-state index in [1.807, 2.05) is 11.3 Å². The molecule has 1 aliphatic heterocycles. The zero-order chi connectivity index (χ0) is 19.8. The maximum absolute atomic E-state index is 6.01. The lowest BCUT2D eigenvalue weighted by Crippen LogP contribution is -2.33. The number of aromatic nitrogens is 3. The Morgan fingerprint density at radius 2 is 2.10 bits per heavy atom. The summed E-state index contributed by atoms with van der Waals surface area (Å²) in [5.74, 6) is 1.83. The highest BCUT2D eigenvalue weighted by Gasteiger charge is 2.25. The Hall–Kier alpha value is -2.09. The van der Waals surface area contributed by atoms with Gasteiger partial charge in [-0.05, 0) is 56.5 Å². The van der Waals surface area contributed by atoms with Gasteiger partial charge in [-0.25, -0.2) is 4.98 Å². The third-order valence-corrected chi connectivity index (χ3v) is 8.11. The molecule has 1 saturated heterocycles. The highest BCUT2D eigenvalue weighted by molar-refractivity contribution is 7.18. The van der Waals surface area contributed by atoms with Crippen LogP contribution in [-0.4, -0.2) is 33.2 Å². The quantitative estimate of drug-likeness (QED) is 0.414. The number of piperidine rings is 1. The second kappa shape index (κ2) is 7.97. The smallest absolute Gasteiger partial charge is 0.257 e. The van der Waals surface area contributed by atoms with E-state index in [-0.39, 0.29) is 0 Å². The summed E-state index contributed by atoms with van der Waals surface area (Å²) in [4.78, 5) is 9.76. The molecule has 0 radical (unpaired) electrons. The molecule has 0 bridgehead atoms. The van der Waals surface area contributed by atoms with Gasteiger partial charge in [0.25, 0.3) is 5.89 Å². The summed E-state index contributed by atoms with van der Waals surface area (Å²) in [5.41, 5.74) is 2.42. The van der Waals surface area contributed by atoms with E-state index in [9.17, 15) is 0 Å². The minimum absolute atomic E-state index is 0.482. The molecule has 1 unspecified atom stereocenters. The normalized spacial score (nSPS) is 17.9. The largest absolute Gasteiger partial charge is 0.419 e. The lowest BCUT2D eigenvalue weighted by atomic mass is 9.99. The third-order valence-electron chi connectivity index (χ3n) is 5.54. The number of para-hydroxylation sites is 1. The van der Waals surface area contributed by atoms with E-state index in [0.29, 0.717) is 24.2 Å². The van der Waals surface area contributed by atoms with E-state index in [2.05, 4.69) is 59.3 Å². The van der Waals surface area contributed by atoms with Gasteiger partial charge in [0.15, 0.2) is 0 Å². The maximum atomic E-state index is 6.01. The van der Waals surface area contributed by atoms with Crippen molar-refractivity contribution in [3.63, 3.8) is 0 Å². The fraction of sp³-hybridized carbons (Fsp3) is 0.409. The molecule has 5 nitrogen and oxygen atoms in total. The first-order valence-corrected chi connectivity index (χ1v) is 11.8. The van der Waals surface area contributed by atoms with Crippen LogP contribution in [0.3, 0.4) is 0 Å². The number of thiophene rings is 1. The number of likely N-dealkylation sites (tertiary alicyclic amines) is 1. The van der Waals surface area contributed by atoms with Crippen LogP contribution in [0, 0.1) is 6.92 Å². The molecule has 0 saturated carbocycles. The average molecular weight is 425 g/mol. The van der Waals surface area contributed by atoms with Crippen LogP contribution in [0.4, 0.5) is 0 Å². The predicted octanol–water partition coefficient (Wildman–Crippen LogP) is 5.66. The molecule has 0 amide bonds. The number of thiazole rings is 1. The van der Waals surface area contributed by atoms with Gasteiger partial charge in [0, 0.05) is 17.3 Å². The summed E-state index contributed by atoms with van der Waals surface area (Å²) in [5, 5.41) is 9.88. The van der Waals surface area contributed by atoms with Gasteiger partial charge in [0.05, 0.1) is 26.6 Å². The first-order chi connectivity index (χ1) is 14.2. The van der Waals surface area contributed by atoms with Crippen molar-refractivity contribution in [3.8, 4) is 10.8 Å². The molecule has 150 valence electrons. The number of hydrogen-bond acceptors (Lipinski definition) is 7. The zero-order valence-corrected chi connectivity index (χ0v) is 18.4. The minimum Gasteiger partial charge on any atom is -0.419 e. The van der Waals surface area contributed by atoms with Crippen molar-refractivity contribution in [1.29, 1.82) is 0 Å². The Bertz CT molecular complexity index is 1100. The number of fused-ring (bicyclic) bond motifs is 1. The molecule has 0 N–H and O–H groups in total. The summed E-state index contributed by atoms with van der Waals surface area (Å²) in [6.45, 7) is 7.10. The molecule has 1 aliphatic rings. The fourth-order valence-corrected chi connectivity index (χ4v) is 6.18. The van der Waals surface area contributed by atoms with Crippen LogP contribution in [0.5, 0.6) is 0 Å². The van der Waals surface area contributed by atoms with Crippen molar-refractivity contribution in [2.24, 2.45) is 0 Å². The van der Waals surface area contributed by atoms with E-state index >= 15 is 0 Å². The Morgan fingerprint density at radius 1 is 1.21 bits per heavy atom. The lowest BCUT2D eigenvalue weighted by molar-refractivity contribution is 0.184. The van der Waals surface area contributed by atoms with E-state index in [4.69, 9.17) is 9.40 Å². The molecule has 29 heavy (non-hydrogen) atoms. The highest BCUT2D eigenvalue weighted by Crippen LogP contribution is 2.34. The van der Waals surface area contributed by atoms with Gasteiger partial charge in [-0.15, -0.1) is 32.9 Å². The Balaban J connectivity index is 1.28. The van der Waals surface area contributed by atoms with Crippen LogP contribution < -0.4 is 0 Å². The van der Waals surface area contributed by atoms with Crippen molar-refractivity contribution >= 4 is 32.9 Å². The van der Waals surface area contributed by atoms with Crippen LogP contribution in [0.25, 0.3) is 21.0 Å². The monoisotopic (exact) mass is 424 g/mol. The zero-order valence-electron chi connectivity index (χ0n) is 16.7. The Kier molecular flexibility index (Phi) is 5.20. The summed E-state index contributed by atoms with van der Waals surface area (Å²) >= 11 is 3.59. The lowest BCUT2D eigenvalue weighted by Gasteiger charge is -2.30. The molecule has 3 aromatic heterocycles. The van der Waals surface area contributed by atoms with Crippen LogP contribution in [0.1, 0.15) is 47.0 Å². The average Bonchev–Trinajstić information content (AvgIpc) is 3.46. The van der Waals surface area contributed by atoms with Crippen molar-refractivity contribution < 1.29 is 4.42 Å². The number of rotatable bonds is 5. The predicted molar refractivity (Wildman–Crippen MR) is 119 cm³/mol. The second-order valence-electron chi connectivity index (χ2n) is 7.67. The van der Waals surface area contributed by atoms with Crippen molar-refractivity contribution in [1.82, 2.24) is 20.1 Å². The van der Waals surface area contributed by atoms with Gasteiger partial charge in [0.1, 0.15) is 0 Å². The Labute approximate surface area is 178 Å². The van der Waals surface area contributed by atoms with Crippen molar-refractivity contribution in [2.45, 2.75) is 45.6 Å². The molecule has 4 aromatic rings. The summed E-state index contributed by atoms with van der Waals surface area (Å²) in [6, 6.07) is 10.6. The van der Waals surface area contributed by atoms with Gasteiger partial charge in [0.2, 0.25) is 5.89 Å². The van der Waals surface area contributed by atoms with Crippen molar-refractivity contribution in [3.05, 3.63) is 51.7 Å². The van der Waals surface area contributed by atoms with Gasteiger partial charge in [-0.2, -0.15) is 0 Å². The van der Waals surface area contributed by atoms with E-state index < -0.39 is 0 Å². The summed E-state index contributed by atoms with van der Waals surface area (Å²) in [7, 11) is 0. The number of aryl methyl sites for hydroxylation is 2. The van der Waals surface area contributed by atoms with E-state index in [1.165, 1.54) is 33.0 Å². The first kappa shape index (κ1) is 18.9. The number of nitrogens with zero attached hydrogens (tertiary/aromatic N) is 4. The maximum Gasteiger partial charge on any atom is 0.257 e. The van der Waals surface area contributed by atoms with Crippen molar-refractivity contribution in [2.75, 3.05) is 13.1 Å².